The van der Waals surface area contributed by atoms with Crippen molar-refractivity contribution in [1.82, 2.24) is 0 Å². The molecule has 0 atom stereocenters. The Morgan fingerprint density at radius 2 is 1.77 bits per heavy atom. The molecule has 0 aromatic heterocycles. The van der Waals surface area contributed by atoms with Gasteiger partial charge in [-0.3, -0.25) is 0 Å². The molecule has 118 valence electrons. The molecule has 2 aromatic carbocycles. The molecular formula is C21H27F. The van der Waals surface area contributed by atoms with E-state index in [2.05, 4.69) is 25.1 Å². The molecule has 1 aliphatic rings. The minimum Gasteiger partial charge on any atom is -0.206 e. The zero-order valence-corrected chi connectivity index (χ0v) is 13.9. The van der Waals surface area contributed by atoms with Crippen LogP contribution in [0.15, 0.2) is 30.3 Å². The lowest BCUT2D eigenvalue weighted by Crippen LogP contribution is -2.13. The Morgan fingerprint density at radius 3 is 2.45 bits per heavy atom. The van der Waals surface area contributed by atoms with Crippen LogP contribution in [0, 0.1) is 11.7 Å². The third-order valence-electron chi connectivity index (χ3n) is 5.45. The van der Waals surface area contributed by atoms with E-state index in [9.17, 15) is 4.39 Å². The predicted octanol–water partition coefficient (Wildman–Crippen LogP) is 6.62. The van der Waals surface area contributed by atoms with E-state index >= 15 is 0 Å². The molecule has 0 radical (unpaired) electrons. The Morgan fingerprint density at radius 1 is 1.00 bits per heavy atom. The molecule has 1 heteroatoms. The van der Waals surface area contributed by atoms with Crippen molar-refractivity contribution in [3.63, 3.8) is 0 Å². The highest BCUT2D eigenvalue weighted by Crippen LogP contribution is 2.38. The molecule has 0 heterocycles. The van der Waals surface area contributed by atoms with Gasteiger partial charge < -0.3 is 0 Å². The fraction of sp³-hybridized carbons (Fsp3) is 0.524. The third kappa shape index (κ3) is 3.04. The van der Waals surface area contributed by atoms with Gasteiger partial charge in [0, 0.05) is 5.39 Å². The monoisotopic (exact) mass is 298 g/mol. The summed E-state index contributed by atoms with van der Waals surface area (Å²) in [5.41, 5.74) is 2.23. The van der Waals surface area contributed by atoms with E-state index in [1.54, 1.807) is 0 Å². The van der Waals surface area contributed by atoms with Crippen LogP contribution in [0.2, 0.25) is 0 Å². The molecule has 0 amide bonds. The number of hydrogen-bond donors (Lipinski definition) is 0. The second-order valence-corrected chi connectivity index (χ2v) is 6.88. The smallest absolute Gasteiger partial charge is 0.134 e. The van der Waals surface area contributed by atoms with Crippen LogP contribution in [0.25, 0.3) is 10.8 Å². The zero-order valence-electron chi connectivity index (χ0n) is 13.9. The first-order valence-electron chi connectivity index (χ1n) is 8.94. The molecule has 0 aliphatic heterocycles. The number of hydrogen-bond acceptors (Lipinski definition) is 0. The van der Waals surface area contributed by atoms with Gasteiger partial charge in [0.05, 0.1) is 0 Å². The molecule has 0 bridgehead atoms. The molecule has 0 unspecified atom stereocenters. The Kier molecular flexibility index (Phi) is 4.81. The highest BCUT2D eigenvalue weighted by Gasteiger charge is 2.22. The maximum atomic E-state index is 14.4. The Balaban J connectivity index is 1.81. The quantitative estimate of drug-likeness (QED) is 0.595. The predicted molar refractivity (Wildman–Crippen MR) is 92.9 cm³/mol. The molecule has 2 aromatic rings. The minimum absolute atomic E-state index is 0.0294. The van der Waals surface area contributed by atoms with Crippen LogP contribution >= 0.6 is 0 Å². The summed E-state index contributed by atoms with van der Waals surface area (Å²) < 4.78 is 14.4. The van der Waals surface area contributed by atoms with Crippen molar-refractivity contribution >= 4 is 10.8 Å². The van der Waals surface area contributed by atoms with Gasteiger partial charge in [0.2, 0.25) is 0 Å². The van der Waals surface area contributed by atoms with Crippen LogP contribution in [0.3, 0.4) is 0 Å². The maximum absolute atomic E-state index is 14.4. The fourth-order valence-electron chi connectivity index (χ4n) is 4.08. The topological polar surface area (TPSA) is 0 Å². The van der Waals surface area contributed by atoms with E-state index in [1.807, 2.05) is 19.1 Å². The number of halogens is 1. The van der Waals surface area contributed by atoms with Gasteiger partial charge in [-0.1, -0.05) is 57.0 Å². The summed E-state index contributed by atoms with van der Waals surface area (Å²) >= 11 is 0. The number of benzene rings is 2. The second-order valence-electron chi connectivity index (χ2n) is 6.88. The average molecular weight is 298 g/mol. The fourth-order valence-corrected chi connectivity index (χ4v) is 4.08. The van der Waals surface area contributed by atoms with Crippen LogP contribution in [-0.4, -0.2) is 0 Å². The van der Waals surface area contributed by atoms with Crippen LogP contribution in [0.4, 0.5) is 4.39 Å². The van der Waals surface area contributed by atoms with E-state index in [-0.39, 0.29) is 5.82 Å². The number of rotatable bonds is 4. The van der Waals surface area contributed by atoms with Crippen molar-refractivity contribution < 1.29 is 4.39 Å². The van der Waals surface area contributed by atoms with E-state index in [1.165, 1.54) is 44.1 Å². The molecule has 0 spiro atoms. The molecule has 0 nitrogen and oxygen atoms in total. The normalized spacial score (nSPS) is 22.1. The Bertz CT molecular complexity index is 636. The van der Waals surface area contributed by atoms with Crippen molar-refractivity contribution in [2.24, 2.45) is 5.92 Å². The summed E-state index contributed by atoms with van der Waals surface area (Å²) in [5.74, 6) is 1.58. The minimum atomic E-state index is -0.0294. The Hall–Kier alpha value is -1.37. The summed E-state index contributed by atoms with van der Waals surface area (Å²) in [4.78, 5) is 0. The number of aryl methyl sites for hydroxylation is 1. The van der Waals surface area contributed by atoms with Gasteiger partial charge in [-0.05, 0) is 60.5 Å². The molecule has 1 aliphatic carbocycles. The Labute approximate surface area is 133 Å². The molecule has 1 fully saturated rings. The first kappa shape index (κ1) is 15.5. The molecular weight excluding hydrogens is 271 g/mol. The van der Waals surface area contributed by atoms with Gasteiger partial charge in [-0.25, -0.2) is 4.39 Å². The lowest BCUT2D eigenvalue weighted by Gasteiger charge is -2.28. The largest absolute Gasteiger partial charge is 0.206 e. The summed E-state index contributed by atoms with van der Waals surface area (Å²) in [7, 11) is 0. The molecule has 0 N–H and O–H groups in total. The first-order chi connectivity index (χ1) is 10.7. The zero-order chi connectivity index (χ0) is 15.5. The van der Waals surface area contributed by atoms with Gasteiger partial charge in [0.1, 0.15) is 5.82 Å². The van der Waals surface area contributed by atoms with Gasteiger partial charge in [0.15, 0.2) is 0 Å². The SMILES string of the molecule is CCCC1CCC(c2ccc3c(F)c(CC)ccc3c2)CC1. The summed E-state index contributed by atoms with van der Waals surface area (Å²) in [5, 5.41) is 1.84. The van der Waals surface area contributed by atoms with Crippen molar-refractivity contribution in [2.75, 3.05) is 0 Å². The van der Waals surface area contributed by atoms with Crippen molar-refractivity contribution in [2.45, 2.75) is 64.7 Å². The highest BCUT2D eigenvalue weighted by molar-refractivity contribution is 5.84. The first-order valence-corrected chi connectivity index (χ1v) is 8.94. The van der Waals surface area contributed by atoms with E-state index in [0.717, 1.165) is 28.7 Å². The van der Waals surface area contributed by atoms with E-state index in [4.69, 9.17) is 0 Å². The molecule has 0 saturated heterocycles. The van der Waals surface area contributed by atoms with Crippen LogP contribution in [0.5, 0.6) is 0 Å². The lowest BCUT2D eigenvalue weighted by molar-refractivity contribution is 0.308. The van der Waals surface area contributed by atoms with Crippen LogP contribution < -0.4 is 0 Å². The van der Waals surface area contributed by atoms with E-state index in [0.29, 0.717) is 5.92 Å². The summed E-state index contributed by atoms with van der Waals surface area (Å²) in [6.07, 6.45) is 8.77. The molecule has 3 rings (SSSR count). The van der Waals surface area contributed by atoms with Gasteiger partial charge >= 0.3 is 0 Å². The lowest BCUT2D eigenvalue weighted by atomic mass is 9.77. The van der Waals surface area contributed by atoms with Crippen molar-refractivity contribution in [3.8, 4) is 0 Å². The number of fused-ring (bicyclic) bond motifs is 1. The summed E-state index contributed by atoms with van der Waals surface area (Å²) in [6.45, 7) is 4.29. The third-order valence-corrected chi connectivity index (χ3v) is 5.45. The van der Waals surface area contributed by atoms with E-state index < -0.39 is 0 Å². The van der Waals surface area contributed by atoms with Crippen LogP contribution in [0.1, 0.15) is 69.4 Å². The maximum Gasteiger partial charge on any atom is 0.134 e. The average Bonchev–Trinajstić information content (AvgIpc) is 2.56. The standard InChI is InChI=1S/C21H27F/c1-3-5-15-6-8-17(9-7-15)18-12-13-20-19(14-18)11-10-16(4-2)21(20)22/h10-15,17H,3-9H2,1-2H3. The molecule has 1 saturated carbocycles. The van der Waals surface area contributed by atoms with Gasteiger partial charge in [-0.2, -0.15) is 0 Å². The van der Waals surface area contributed by atoms with Crippen LogP contribution in [-0.2, 0) is 6.42 Å². The molecule has 22 heavy (non-hydrogen) atoms. The highest BCUT2D eigenvalue weighted by atomic mass is 19.1. The van der Waals surface area contributed by atoms with Gasteiger partial charge in [0.25, 0.3) is 0 Å². The van der Waals surface area contributed by atoms with Gasteiger partial charge in [-0.15, -0.1) is 0 Å². The van der Waals surface area contributed by atoms with Crippen molar-refractivity contribution in [1.29, 1.82) is 0 Å². The summed E-state index contributed by atoms with van der Waals surface area (Å²) in [6, 6.07) is 10.4. The second kappa shape index (κ2) is 6.81. The van der Waals surface area contributed by atoms with Crippen molar-refractivity contribution in [3.05, 3.63) is 47.3 Å².